The molecule has 25 heavy (non-hydrogen) atoms. The highest BCUT2D eigenvalue weighted by Gasteiger charge is 2.26. The summed E-state index contributed by atoms with van der Waals surface area (Å²) in [6.07, 6.45) is 7.26. The number of nitrogens with one attached hydrogen (secondary N) is 1. The monoisotopic (exact) mass is 387 g/mol. The van der Waals surface area contributed by atoms with Gasteiger partial charge in [-0.05, 0) is 70.9 Å². The number of rotatable bonds is 6. The first-order chi connectivity index (χ1) is 11.3. The molecule has 0 saturated carbocycles. The van der Waals surface area contributed by atoms with Crippen molar-refractivity contribution in [2.75, 3.05) is 26.7 Å². The van der Waals surface area contributed by atoms with Crippen molar-refractivity contribution in [3.05, 3.63) is 30.4 Å². The minimum Gasteiger partial charge on any atom is -0.337 e. The van der Waals surface area contributed by atoms with Crippen LogP contribution in [0.5, 0.6) is 0 Å². The molecule has 1 atom stereocenters. The lowest BCUT2D eigenvalue weighted by molar-refractivity contribution is 0.117. The molecular weight excluding hydrogens is 361 g/mol. The first kappa shape index (κ1) is 21.8. The van der Waals surface area contributed by atoms with Gasteiger partial charge in [0.25, 0.3) is 0 Å². The minimum absolute atomic E-state index is 0. The fourth-order valence-electron chi connectivity index (χ4n) is 3.15. The first-order valence-corrected chi connectivity index (χ1v) is 8.40. The highest BCUT2D eigenvalue weighted by Crippen LogP contribution is 2.28. The van der Waals surface area contributed by atoms with Crippen molar-refractivity contribution in [2.24, 2.45) is 5.92 Å². The van der Waals surface area contributed by atoms with Crippen LogP contribution in [0.25, 0.3) is 11.4 Å². The quantitative estimate of drug-likeness (QED) is 0.819. The maximum atomic E-state index is 5.49. The summed E-state index contributed by atoms with van der Waals surface area (Å²) >= 11 is 0. The molecule has 2 aromatic rings. The van der Waals surface area contributed by atoms with Gasteiger partial charge in [-0.25, -0.2) is 0 Å². The van der Waals surface area contributed by atoms with Gasteiger partial charge in [-0.15, -0.1) is 24.8 Å². The Morgan fingerprint density at radius 2 is 2.08 bits per heavy atom. The van der Waals surface area contributed by atoms with Gasteiger partial charge in [0.05, 0.1) is 6.04 Å². The summed E-state index contributed by atoms with van der Waals surface area (Å²) in [7, 11) is 2.02. The number of hydrogen-bond donors (Lipinski definition) is 1. The van der Waals surface area contributed by atoms with Crippen LogP contribution in [-0.4, -0.2) is 46.7 Å². The Hall–Kier alpha value is -1.21. The average Bonchev–Trinajstić information content (AvgIpc) is 3.11. The van der Waals surface area contributed by atoms with E-state index in [0.717, 1.165) is 31.1 Å². The van der Waals surface area contributed by atoms with Crippen LogP contribution in [0.15, 0.2) is 29.0 Å². The lowest BCUT2D eigenvalue weighted by Crippen LogP contribution is -2.36. The average molecular weight is 388 g/mol. The van der Waals surface area contributed by atoms with Crippen LogP contribution in [0.4, 0.5) is 0 Å². The van der Waals surface area contributed by atoms with E-state index < -0.39 is 0 Å². The summed E-state index contributed by atoms with van der Waals surface area (Å²) in [4.78, 5) is 11.1. The maximum Gasteiger partial charge on any atom is 0.244 e. The molecular formula is C17H27Cl2N5O. The molecule has 0 radical (unpaired) electrons. The summed E-state index contributed by atoms with van der Waals surface area (Å²) in [5, 5.41) is 7.34. The molecule has 6 nitrogen and oxygen atoms in total. The molecule has 3 heterocycles. The fourth-order valence-corrected chi connectivity index (χ4v) is 3.15. The van der Waals surface area contributed by atoms with E-state index in [1.165, 1.54) is 19.3 Å². The van der Waals surface area contributed by atoms with E-state index in [9.17, 15) is 0 Å². The largest absolute Gasteiger partial charge is 0.337 e. The summed E-state index contributed by atoms with van der Waals surface area (Å²) in [6, 6.07) is 3.99. The minimum atomic E-state index is 0. The number of pyridine rings is 1. The Labute approximate surface area is 161 Å². The van der Waals surface area contributed by atoms with Crippen LogP contribution >= 0.6 is 24.8 Å². The van der Waals surface area contributed by atoms with Crippen molar-refractivity contribution in [3.8, 4) is 11.4 Å². The lowest BCUT2D eigenvalue weighted by Gasteiger charge is -2.34. The van der Waals surface area contributed by atoms with E-state index in [-0.39, 0.29) is 30.9 Å². The second-order valence-corrected chi connectivity index (χ2v) is 6.25. The molecule has 0 bridgehead atoms. The molecule has 1 aliphatic heterocycles. The van der Waals surface area contributed by atoms with Crippen molar-refractivity contribution in [2.45, 2.75) is 32.2 Å². The van der Waals surface area contributed by atoms with Crippen molar-refractivity contribution >= 4 is 24.8 Å². The number of likely N-dealkylation sites (tertiary alicyclic amines) is 1. The smallest absolute Gasteiger partial charge is 0.244 e. The molecule has 0 aromatic carbocycles. The topological polar surface area (TPSA) is 67.1 Å². The van der Waals surface area contributed by atoms with Gasteiger partial charge < -0.3 is 9.84 Å². The standard InChI is InChI=1S/C17H25N5O.2ClH/c1-13(22-10-6-14(7-11-22)5-9-18-2)17-20-16(21-23-17)15-4-3-8-19-12-15;;/h3-4,8,12-14,18H,5-7,9-11H2,1-2H3;2*1H. The second-order valence-electron chi connectivity index (χ2n) is 6.25. The van der Waals surface area contributed by atoms with Crippen LogP contribution in [0.1, 0.15) is 38.1 Å². The molecule has 1 saturated heterocycles. The van der Waals surface area contributed by atoms with Gasteiger partial charge in [0, 0.05) is 18.0 Å². The molecule has 0 spiro atoms. The number of hydrogen-bond acceptors (Lipinski definition) is 6. The van der Waals surface area contributed by atoms with Crippen molar-refractivity contribution < 1.29 is 4.52 Å². The molecule has 1 aliphatic rings. The van der Waals surface area contributed by atoms with Crippen molar-refractivity contribution in [3.63, 3.8) is 0 Å². The van der Waals surface area contributed by atoms with E-state index in [4.69, 9.17) is 4.52 Å². The molecule has 8 heteroatoms. The summed E-state index contributed by atoms with van der Waals surface area (Å²) < 4.78 is 5.49. The van der Waals surface area contributed by atoms with Gasteiger partial charge in [0.15, 0.2) is 0 Å². The van der Waals surface area contributed by atoms with Gasteiger partial charge in [-0.2, -0.15) is 4.98 Å². The van der Waals surface area contributed by atoms with E-state index in [0.29, 0.717) is 11.7 Å². The zero-order valence-electron chi connectivity index (χ0n) is 14.7. The molecule has 3 rings (SSSR count). The Morgan fingerprint density at radius 3 is 2.72 bits per heavy atom. The van der Waals surface area contributed by atoms with Crippen molar-refractivity contribution in [1.29, 1.82) is 0 Å². The van der Waals surface area contributed by atoms with E-state index in [2.05, 4.69) is 32.3 Å². The van der Waals surface area contributed by atoms with Crippen LogP contribution in [0.3, 0.4) is 0 Å². The molecule has 0 amide bonds. The van der Waals surface area contributed by atoms with Gasteiger partial charge in [0.1, 0.15) is 0 Å². The van der Waals surface area contributed by atoms with Crippen LogP contribution < -0.4 is 5.32 Å². The first-order valence-electron chi connectivity index (χ1n) is 8.40. The van der Waals surface area contributed by atoms with Crippen molar-refractivity contribution in [1.82, 2.24) is 25.3 Å². The third-order valence-electron chi connectivity index (χ3n) is 4.72. The predicted octanol–water partition coefficient (Wildman–Crippen LogP) is 3.36. The zero-order chi connectivity index (χ0) is 16.1. The summed E-state index contributed by atoms with van der Waals surface area (Å²) in [5.74, 6) is 2.14. The zero-order valence-corrected chi connectivity index (χ0v) is 16.4. The molecule has 1 fully saturated rings. The molecule has 2 aromatic heterocycles. The fraction of sp³-hybridized carbons (Fsp3) is 0.588. The van der Waals surface area contributed by atoms with Gasteiger partial charge in [-0.1, -0.05) is 5.16 Å². The number of piperidine rings is 1. The van der Waals surface area contributed by atoms with Gasteiger partial charge in [0.2, 0.25) is 11.7 Å². The number of halogens is 2. The highest BCUT2D eigenvalue weighted by molar-refractivity contribution is 5.85. The lowest BCUT2D eigenvalue weighted by atomic mass is 9.93. The molecule has 0 aliphatic carbocycles. The normalized spacial score (nSPS) is 16.7. The SMILES string of the molecule is CNCCC1CCN(C(C)c2nc(-c3cccnc3)no2)CC1.Cl.Cl. The molecule has 1 N–H and O–H groups in total. The summed E-state index contributed by atoms with van der Waals surface area (Å²) in [6.45, 7) is 5.45. The Morgan fingerprint density at radius 1 is 1.32 bits per heavy atom. The maximum absolute atomic E-state index is 5.49. The van der Waals surface area contributed by atoms with Crippen LogP contribution in [0.2, 0.25) is 0 Å². The highest BCUT2D eigenvalue weighted by atomic mass is 35.5. The van der Waals surface area contributed by atoms with E-state index in [1.807, 2.05) is 19.2 Å². The van der Waals surface area contributed by atoms with Crippen LogP contribution in [0, 0.1) is 5.92 Å². The Bertz CT molecular complexity index is 602. The second kappa shape index (κ2) is 10.7. The van der Waals surface area contributed by atoms with Gasteiger partial charge >= 0.3 is 0 Å². The predicted molar refractivity (Wildman–Crippen MR) is 103 cm³/mol. The number of nitrogens with zero attached hydrogens (tertiary/aromatic N) is 4. The van der Waals surface area contributed by atoms with E-state index in [1.54, 1.807) is 12.4 Å². The third kappa shape index (κ3) is 5.64. The summed E-state index contributed by atoms with van der Waals surface area (Å²) in [5.41, 5.74) is 0.889. The van der Waals surface area contributed by atoms with Crippen LogP contribution in [-0.2, 0) is 0 Å². The van der Waals surface area contributed by atoms with Gasteiger partial charge in [-0.3, -0.25) is 9.88 Å². The Kier molecular flexibility index (Phi) is 9.35. The Balaban J connectivity index is 0.00000156. The third-order valence-corrected chi connectivity index (χ3v) is 4.72. The molecule has 1 unspecified atom stereocenters. The van der Waals surface area contributed by atoms with E-state index >= 15 is 0 Å². The molecule has 140 valence electrons. The number of aromatic nitrogens is 3.